The van der Waals surface area contributed by atoms with E-state index in [0.29, 0.717) is 6.42 Å². The third-order valence-corrected chi connectivity index (χ3v) is 2.64. The molecule has 0 aromatic carbocycles. The van der Waals surface area contributed by atoms with Crippen molar-refractivity contribution >= 4 is 10.4 Å². The van der Waals surface area contributed by atoms with Crippen LogP contribution in [0.3, 0.4) is 0 Å². The van der Waals surface area contributed by atoms with Crippen LogP contribution in [-0.4, -0.2) is 30.8 Å². The van der Waals surface area contributed by atoms with Crippen molar-refractivity contribution in [3.63, 3.8) is 0 Å². The zero-order valence-corrected chi connectivity index (χ0v) is 11.0. The van der Waals surface area contributed by atoms with Crippen molar-refractivity contribution in [2.45, 2.75) is 51.6 Å². The van der Waals surface area contributed by atoms with E-state index < -0.39 is 23.1 Å². The normalized spacial score (nSPS) is 14.3. The molecule has 1 unspecified atom stereocenters. The Morgan fingerprint density at radius 3 is 2.53 bits per heavy atom. The summed E-state index contributed by atoms with van der Waals surface area (Å²) in [7, 11) is -4.45. The Kier molecular flexibility index (Phi) is 9.34. The van der Waals surface area contributed by atoms with Crippen molar-refractivity contribution < 1.29 is 22.3 Å². The molecule has 0 spiro atoms. The highest BCUT2D eigenvalue weighted by Crippen LogP contribution is 2.04. The molecular weight excluding hydrogens is 244 g/mol. The molecule has 0 saturated carbocycles. The van der Waals surface area contributed by atoms with E-state index >= 15 is 0 Å². The summed E-state index contributed by atoms with van der Waals surface area (Å²) in [6, 6.07) is 0. The maximum atomic E-state index is 10.2. The van der Waals surface area contributed by atoms with E-state index in [2.05, 4.69) is 11.1 Å². The van der Waals surface area contributed by atoms with E-state index in [1.54, 1.807) is 6.08 Å². The molecule has 0 heterocycles. The molecule has 0 aromatic heterocycles. The van der Waals surface area contributed by atoms with Crippen LogP contribution in [0.25, 0.3) is 0 Å². The number of unbranched alkanes of at least 4 members (excludes halogenated alkanes) is 4. The van der Waals surface area contributed by atoms with Crippen molar-refractivity contribution in [2.75, 3.05) is 6.61 Å². The predicted octanol–water partition coefficient (Wildman–Crippen LogP) is 2.08. The van der Waals surface area contributed by atoms with E-state index in [-0.39, 0.29) is 0 Å². The molecule has 0 fully saturated rings. The van der Waals surface area contributed by atoms with E-state index in [0.717, 1.165) is 12.8 Å². The van der Waals surface area contributed by atoms with E-state index in [1.165, 1.54) is 19.3 Å². The highest BCUT2D eigenvalue weighted by atomic mass is 32.3. The fourth-order valence-corrected chi connectivity index (χ4v) is 1.62. The summed E-state index contributed by atoms with van der Waals surface area (Å²) in [5.74, 6) is 0. The Balaban J connectivity index is 3.49. The van der Waals surface area contributed by atoms with Crippen molar-refractivity contribution in [1.82, 2.24) is 0 Å². The second kappa shape index (κ2) is 9.58. The number of rotatable bonds is 10. The molecule has 0 radical (unpaired) electrons. The van der Waals surface area contributed by atoms with Gasteiger partial charge in [-0.25, -0.2) is 4.18 Å². The van der Waals surface area contributed by atoms with Crippen molar-refractivity contribution in [1.29, 1.82) is 0 Å². The lowest BCUT2D eigenvalue weighted by molar-refractivity contribution is 0.105. The Morgan fingerprint density at radius 2 is 1.94 bits per heavy atom. The fraction of sp³-hybridized carbons (Fsp3) is 0.818. The molecule has 0 aliphatic carbocycles. The molecule has 5 nitrogen and oxygen atoms in total. The quantitative estimate of drug-likeness (QED) is 0.359. The molecule has 6 heteroatoms. The minimum atomic E-state index is -4.45. The number of aliphatic hydroxyl groups excluding tert-OH is 1. The Hall–Kier alpha value is -0.430. The van der Waals surface area contributed by atoms with Gasteiger partial charge in [-0.1, -0.05) is 38.3 Å². The third kappa shape index (κ3) is 13.5. The zero-order chi connectivity index (χ0) is 13.1. The van der Waals surface area contributed by atoms with Crippen LogP contribution in [0.5, 0.6) is 0 Å². The van der Waals surface area contributed by atoms with Crippen LogP contribution in [0.1, 0.15) is 45.4 Å². The maximum absolute atomic E-state index is 10.2. The second-order valence-corrected chi connectivity index (χ2v) is 5.01. The van der Waals surface area contributed by atoms with Crippen LogP contribution >= 0.6 is 0 Å². The lowest BCUT2D eigenvalue weighted by Crippen LogP contribution is -2.17. The molecule has 0 bridgehead atoms. The first-order valence-electron chi connectivity index (χ1n) is 5.90. The number of aliphatic hydroxyl groups is 1. The molecular formula is C11H22O5S. The maximum Gasteiger partial charge on any atom is 0.397 e. The van der Waals surface area contributed by atoms with Gasteiger partial charge >= 0.3 is 10.4 Å². The molecule has 0 aliphatic rings. The van der Waals surface area contributed by atoms with E-state index in [1.807, 2.05) is 6.08 Å². The smallest absolute Gasteiger partial charge is 0.390 e. The molecule has 0 aliphatic heterocycles. The Bertz CT molecular complexity index is 297. The van der Waals surface area contributed by atoms with Crippen LogP contribution in [-0.2, 0) is 14.6 Å². The van der Waals surface area contributed by atoms with Crippen LogP contribution < -0.4 is 0 Å². The van der Waals surface area contributed by atoms with Gasteiger partial charge in [0.25, 0.3) is 0 Å². The summed E-state index contributed by atoms with van der Waals surface area (Å²) in [6.07, 6.45) is 8.90. The van der Waals surface area contributed by atoms with Gasteiger partial charge < -0.3 is 5.11 Å². The molecule has 102 valence electrons. The molecule has 1 atom stereocenters. The van der Waals surface area contributed by atoms with Crippen LogP contribution in [0, 0.1) is 0 Å². The van der Waals surface area contributed by atoms with Crippen LogP contribution in [0.15, 0.2) is 12.2 Å². The topological polar surface area (TPSA) is 83.8 Å². The first-order valence-corrected chi connectivity index (χ1v) is 7.27. The lowest BCUT2D eigenvalue weighted by atomic mass is 10.1. The number of hydrogen-bond donors (Lipinski definition) is 2. The fourth-order valence-electron chi connectivity index (χ4n) is 1.29. The summed E-state index contributed by atoms with van der Waals surface area (Å²) in [5, 5.41) is 9.30. The largest absolute Gasteiger partial charge is 0.397 e. The monoisotopic (exact) mass is 266 g/mol. The van der Waals surface area contributed by atoms with Gasteiger partial charge in [0.15, 0.2) is 0 Å². The lowest BCUT2D eigenvalue weighted by Gasteiger charge is -2.05. The minimum absolute atomic E-state index is 0.323. The molecule has 0 amide bonds. The second-order valence-electron chi connectivity index (χ2n) is 3.92. The highest BCUT2D eigenvalue weighted by Gasteiger charge is 2.08. The average Bonchev–Trinajstić information content (AvgIpc) is 2.24. The van der Waals surface area contributed by atoms with Crippen molar-refractivity contribution in [2.24, 2.45) is 0 Å². The Labute approximate surface area is 103 Å². The van der Waals surface area contributed by atoms with Gasteiger partial charge in [-0.05, 0) is 19.3 Å². The predicted molar refractivity (Wildman–Crippen MR) is 66.0 cm³/mol. The first-order chi connectivity index (χ1) is 7.95. The summed E-state index contributed by atoms with van der Waals surface area (Å²) >= 11 is 0. The van der Waals surface area contributed by atoms with Gasteiger partial charge in [-0.15, -0.1) is 0 Å². The van der Waals surface area contributed by atoms with Gasteiger partial charge in [0.1, 0.15) is 0 Å². The summed E-state index contributed by atoms with van der Waals surface area (Å²) < 4.78 is 32.8. The van der Waals surface area contributed by atoms with Gasteiger partial charge in [0.05, 0.1) is 12.7 Å². The number of allylic oxidation sites excluding steroid dienone is 1. The summed E-state index contributed by atoms with van der Waals surface area (Å²) in [5.41, 5.74) is 0. The zero-order valence-electron chi connectivity index (χ0n) is 10.2. The molecule has 0 rings (SSSR count). The summed E-state index contributed by atoms with van der Waals surface area (Å²) in [4.78, 5) is 0. The third-order valence-electron chi connectivity index (χ3n) is 2.21. The highest BCUT2D eigenvalue weighted by molar-refractivity contribution is 7.80. The standard InChI is InChI=1S/C11H22O5S/c1-2-3-4-5-6-7-8-9-11(12)10-16-17(13,14)15/h7-8,11-12H,2-6,9-10H2,1H3,(H,13,14,15)/b8-7-. The molecule has 2 N–H and O–H groups in total. The van der Waals surface area contributed by atoms with E-state index in [4.69, 9.17) is 4.55 Å². The minimum Gasteiger partial charge on any atom is -0.390 e. The van der Waals surface area contributed by atoms with Crippen molar-refractivity contribution in [3.8, 4) is 0 Å². The van der Waals surface area contributed by atoms with Crippen LogP contribution in [0.2, 0.25) is 0 Å². The average molecular weight is 266 g/mol. The Morgan fingerprint density at radius 1 is 1.24 bits per heavy atom. The molecule has 0 aromatic rings. The van der Waals surface area contributed by atoms with Crippen LogP contribution in [0.4, 0.5) is 0 Å². The number of hydrogen-bond acceptors (Lipinski definition) is 4. The van der Waals surface area contributed by atoms with Crippen molar-refractivity contribution in [3.05, 3.63) is 12.2 Å². The SMILES string of the molecule is CCCCCC/C=C\CC(O)COS(=O)(=O)O. The molecule has 17 heavy (non-hydrogen) atoms. The first kappa shape index (κ1) is 16.6. The summed E-state index contributed by atoms with van der Waals surface area (Å²) in [6.45, 7) is 1.74. The van der Waals surface area contributed by atoms with Gasteiger partial charge in [-0.2, -0.15) is 8.42 Å². The van der Waals surface area contributed by atoms with E-state index in [9.17, 15) is 13.5 Å². The molecule has 0 saturated heterocycles. The van der Waals surface area contributed by atoms with Gasteiger partial charge in [-0.3, -0.25) is 4.55 Å². The van der Waals surface area contributed by atoms with Gasteiger partial charge in [0.2, 0.25) is 0 Å². The van der Waals surface area contributed by atoms with Gasteiger partial charge in [0, 0.05) is 0 Å².